The van der Waals surface area contributed by atoms with Gasteiger partial charge in [0.05, 0.1) is 18.2 Å². The van der Waals surface area contributed by atoms with Crippen molar-refractivity contribution in [3.63, 3.8) is 0 Å². The van der Waals surface area contributed by atoms with Gasteiger partial charge in [0.25, 0.3) is 0 Å². The summed E-state index contributed by atoms with van der Waals surface area (Å²) in [7, 11) is 0. The lowest BCUT2D eigenvalue weighted by atomic mass is 10.1. The maximum atomic E-state index is 12.8. The van der Waals surface area contributed by atoms with Crippen molar-refractivity contribution < 1.29 is 18.3 Å². The number of aliphatic hydroxyl groups is 1. The molecule has 21 heavy (non-hydrogen) atoms. The van der Waals surface area contributed by atoms with E-state index in [0.29, 0.717) is 5.69 Å². The van der Waals surface area contributed by atoms with E-state index in [1.807, 2.05) is 0 Å². The molecule has 1 aromatic heterocycles. The van der Waals surface area contributed by atoms with Crippen molar-refractivity contribution >= 4 is 5.69 Å². The fourth-order valence-corrected chi connectivity index (χ4v) is 1.96. The van der Waals surface area contributed by atoms with Crippen molar-refractivity contribution in [2.24, 2.45) is 0 Å². The van der Waals surface area contributed by atoms with E-state index >= 15 is 0 Å². The Morgan fingerprint density at radius 1 is 1.38 bits per heavy atom. The summed E-state index contributed by atoms with van der Waals surface area (Å²) in [6, 6.07) is 5.75. The molecule has 1 atom stereocenters. The molecule has 114 valence electrons. The van der Waals surface area contributed by atoms with E-state index in [1.165, 1.54) is 13.0 Å². The lowest BCUT2D eigenvalue weighted by Gasteiger charge is -2.15. The Morgan fingerprint density at radius 2 is 2.14 bits per heavy atom. The van der Waals surface area contributed by atoms with Gasteiger partial charge in [-0.1, -0.05) is 6.07 Å². The first-order valence-electron chi connectivity index (χ1n) is 6.43. The Morgan fingerprint density at radius 3 is 2.76 bits per heavy atom. The summed E-state index contributed by atoms with van der Waals surface area (Å²) in [4.78, 5) is 0. The largest absolute Gasteiger partial charge is 0.416 e. The van der Waals surface area contributed by atoms with Crippen molar-refractivity contribution in [3.8, 4) is 0 Å². The molecule has 0 aliphatic heterocycles. The lowest BCUT2D eigenvalue weighted by Crippen LogP contribution is -2.25. The zero-order valence-corrected chi connectivity index (χ0v) is 11.4. The zero-order valence-electron chi connectivity index (χ0n) is 11.4. The number of aromatic nitrogens is 2. The minimum atomic E-state index is -4.38. The van der Waals surface area contributed by atoms with Crippen LogP contribution >= 0.6 is 0 Å². The minimum Gasteiger partial charge on any atom is -0.389 e. The van der Waals surface area contributed by atoms with Gasteiger partial charge >= 0.3 is 6.18 Å². The van der Waals surface area contributed by atoms with Gasteiger partial charge in [-0.15, -0.1) is 0 Å². The summed E-state index contributed by atoms with van der Waals surface area (Å²) >= 11 is 0. The maximum Gasteiger partial charge on any atom is 0.416 e. The molecule has 0 saturated heterocycles. The third-order valence-electron chi connectivity index (χ3n) is 3.04. The van der Waals surface area contributed by atoms with E-state index in [4.69, 9.17) is 0 Å². The number of rotatable bonds is 5. The van der Waals surface area contributed by atoms with Crippen LogP contribution in [0.5, 0.6) is 0 Å². The van der Waals surface area contributed by atoms with Crippen molar-refractivity contribution in [2.45, 2.75) is 25.7 Å². The molecule has 0 aliphatic carbocycles. The highest BCUT2D eigenvalue weighted by molar-refractivity contribution is 5.49. The van der Waals surface area contributed by atoms with Gasteiger partial charge in [-0.2, -0.15) is 18.3 Å². The van der Waals surface area contributed by atoms with Gasteiger partial charge in [-0.3, -0.25) is 4.68 Å². The predicted molar refractivity (Wildman–Crippen MR) is 72.9 cm³/mol. The molecule has 1 heterocycles. The van der Waals surface area contributed by atoms with Gasteiger partial charge in [-0.25, -0.2) is 0 Å². The molecule has 0 bridgehead atoms. The number of aliphatic hydroxyl groups excluding tert-OH is 1. The standard InChI is InChI=1S/C14H16F3N3O/c1-10-3-4-11(7-13(10)14(15,16)17)18-8-12(21)9-20-6-2-5-19-20/h2-7,12,18,21H,8-9H2,1H3. The van der Waals surface area contributed by atoms with Gasteiger partial charge in [0.2, 0.25) is 0 Å². The van der Waals surface area contributed by atoms with Crippen LogP contribution in [0.4, 0.5) is 18.9 Å². The zero-order chi connectivity index (χ0) is 15.5. The Kier molecular flexibility index (Phi) is 4.52. The van der Waals surface area contributed by atoms with Crippen LogP contribution in [0.15, 0.2) is 36.7 Å². The molecule has 1 unspecified atom stereocenters. The van der Waals surface area contributed by atoms with Crippen molar-refractivity contribution in [3.05, 3.63) is 47.8 Å². The highest BCUT2D eigenvalue weighted by Gasteiger charge is 2.32. The van der Waals surface area contributed by atoms with Crippen LogP contribution in [0, 0.1) is 6.92 Å². The lowest BCUT2D eigenvalue weighted by molar-refractivity contribution is -0.138. The first kappa shape index (κ1) is 15.4. The van der Waals surface area contributed by atoms with Gasteiger partial charge in [0.1, 0.15) is 0 Å². The molecule has 0 saturated carbocycles. The smallest absolute Gasteiger partial charge is 0.389 e. The Labute approximate surface area is 120 Å². The van der Waals surface area contributed by atoms with E-state index < -0.39 is 17.8 Å². The summed E-state index contributed by atoms with van der Waals surface area (Å²) in [6.45, 7) is 1.83. The van der Waals surface area contributed by atoms with E-state index in [2.05, 4.69) is 10.4 Å². The normalized spacial score (nSPS) is 13.2. The van der Waals surface area contributed by atoms with Gasteiger partial charge in [-0.05, 0) is 30.7 Å². The van der Waals surface area contributed by atoms with Crippen LogP contribution in [0.3, 0.4) is 0 Å². The van der Waals surface area contributed by atoms with Crippen molar-refractivity contribution in [2.75, 3.05) is 11.9 Å². The molecule has 0 aliphatic rings. The fraction of sp³-hybridized carbons (Fsp3) is 0.357. The first-order valence-corrected chi connectivity index (χ1v) is 6.43. The monoisotopic (exact) mass is 299 g/mol. The highest BCUT2D eigenvalue weighted by Crippen LogP contribution is 2.33. The molecule has 4 nitrogen and oxygen atoms in total. The van der Waals surface area contributed by atoms with Crippen LogP contribution < -0.4 is 5.32 Å². The number of benzene rings is 1. The van der Waals surface area contributed by atoms with Gasteiger partial charge in [0.15, 0.2) is 0 Å². The second kappa shape index (κ2) is 6.17. The van der Waals surface area contributed by atoms with Gasteiger partial charge < -0.3 is 10.4 Å². The molecule has 0 radical (unpaired) electrons. The second-order valence-electron chi connectivity index (χ2n) is 4.79. The molecule has 1 aromatic carbocycles. The average Bonchev–Trinajstić information content (AvgIpc) is 2.89. The molecule has 0 fully saturated rings. The predicted octanol–water partition coefficient (Wildman–Crippen LogP) is 2.68. The van der Waals surface area contributed by atoms with Crippen molar-refractivity contribution in [1.29, 1.82) is 0 Å². The van der Waals surface area contributed by atoms with Crippen molar-refractivity contribution in [1.82, 2.24) is 9.78 Å². The van der Waals surface area contributed by atoms with Gasteiger partial charge in [0, 0.05) is 24.6 Å². The van der Waals surface area contributed by atoms with Crippen LogP contribution in [0.25, 0.3) is 0 Å². The number of alkyl halides is 3. The number of hydrogen-bond donors (Lipinski definition) is 2. The van der Waals surface area contributed by atoms with Crippen LogP contribution in [0.1, 0.15) is 11.1 Å². The number of halogens is 3. The first-order chi connectivity index (χ1) is 9.86. The SMILES string of the molecule is Cc1ccc(NCC(O)Cn2cccn2)cc1C(F)(F)F. The maximum absolute atomic E-state index is 12.8. The summed E-state index contributed by atoms with van der Waals surface area (Å²) in [5.41, 5.74) is -0.174. The summed E-state index contributed by atoms with van der Waals surface area (Å²) in [5.74, 6) is 0. The van der Waals surface area contributed by atoms with E-state index in [0.717, 1.165) is 6.07 Å². The third-order valence-corrected chi connectivity index (χ3v) is 3.04. The molecule has 0 spiro atoms. The third kappa shape index (κ3) is 4.22. The molecule has 7 heteroatoms. The summed E-state index contributed by atoms with van der Waals surface area (Å²) in [5, 5.41) is 16.6. The summed E-state index contributed by atoms with van der Waals surface area (Å²) in [6.07, 6.45) is -1.83. The molecule has 2 rings (SSSR count). The van der Waals surface area contributed by atoms with Crippen LogP contribution in [-0.4, -0.2) is 27.5 Å². The van der Waals surface area contributed by atoms with E-state index in [9.17, 15) is 18.3 Å². The van der Waals surface area contributed by atoms with Crippen LogP contribution in [0.2, 0.25) is 0 Å². The fourth-order valence-electron chi connectivity index (χ4n) is 1.96. The number of nitrogens with zero attached hydrogens (tertiary/aromatic N) is 2. The molecule has 0 amide bonds. The molecular formula is C14H16F3N3O. The molecular weight excluding hydrogens is 283 g/mol. The molecule has 2 aromatic rings. The quantitative estimate of drug-likeness (QED) is 0.892. The number of nitrogens with one attached hydrogen (secondary N) is 1. The highest BCUT2D eigenvalue weighted by atomic mass is 19.4. The minimum absolute atomic E-state index is 0.139. The Bertz CT molecular complexity index is 582. The summed E-state index contributed by atoms with van der Waals surface area (Å²) < 4.78 is 39.9. The number of anilines is 1. The topological polar surface area (TPSA) is 50.1 Å². The van der Waals surface area contributed by atoms with Crippen LogP contribution in [-0.2, 0) is 12.7 Å². The molecule has 2 N–H and O–H groups in total. The Balaban J connectivity index is 1.97. The number of hydrogen-bond acceptors (Lipinski definition) is 3. The van der Waals surface area contributed by atoms with E-state index in [1.54, 1.807) is 29.2 Å². The van der Waals surface area contributed by atoms with E-state index in [-0.39, 0.29) is 18.7 Å². The Hall–Kier alpha value is -2.02. The number of aryl methyl sites for hydroxylation is 1. The second-order valence-corrected chi connectivity index (χ2v) is 4.79. The average molecular weight is 299 g/mol.